The van der Waals surface area contributed by atoms with Crippen LogP contribution in [0.3, 0.4) is 0 Å². The average Bonchev–Trinajstić information content (AvgIpc) is 3.32. The molecule has 2 aromatic heterocycles. The summed E-state index contributed by atoms with van der Waals surface area (Å²) >= 11 is 5.06. The highest BCUT2D eigenvalue weighted by atomic mass is 79.9. The Hall–Kier alpha value is -2.37. The Kier molecular flexibility index (Phi) is 6.70. The van der Waals surface area contributed by atoms with E-state index in [4.69, 9.17) is 19.9 Å². The molecular formula is C19H20BrN5O4S. The van der Waals surface area contributed by atoms with E-state index in [0.29, 0.717) is 54.7 Å². The summed E-state index contributed by atoms with van der Waals surface area (Å²) in [6.07, 6.45) is 4.61. The molecule has 11 heteroatoms. The Morgan fingerprint density at radius 2 is 2.07 bits per heavy atom. The minimum atomic E-state index is 0.213. The Labute approximate surface area is 185 Å². The van der Waals surface area contributed by atoms with E-state index < -0.39 is 0 Å². The number of carbonyl (C=O) groups is 1. The van der Waals surface area contributed by atoms with E-state index >= 15 is 0 Å². The summed E-state index contributed by atoms with van der Waals surface area (Å²) in [4.78, 5) is 24.4. The number of carbonyl (C=O) groups excluding carboxylic acids is 1. The number of fused-ring (bicyclic) bond motifs is 2. The predicted octanol–water partition coefficient (Wildman–Crippen LogP) is 3.44. The number of anilines is 1. The second kappa shape index (κ2) is 9.63. The van der Waals surface area contributed by atoms with E-state index in [1.54, 1.807) is 0 Å². The van der Waals surface area contributed by atoms with Gasteiger partial charge in [0.25, 0.3) is 0 Å². The first-order valence-electron chi connectivity index (χ1n) is 9.42. The molecule has 0 saturated heterocycles. The molecule has 0 atom stereocenters. The lowest BCUT2D eigenvalue weighted by Gasteiger charge is -2.10. The molecule has 0 fully saturated rings. The van der Waals surface area contributed by atoms with Gasteiger partial charge in [0.05, 0.1) is 13.2 Å². The van der Waals surface area contributed by atoms with Crippen LogP contribution >= 0.6 is 27.7 Å². The van der Waals surface area contributed by atoms with Crippen molar-refractivity contribution in [2.75, 3.05) is 25.7 Å². The van der Waals surface area contributed by atoms with E-state index in [2.05, 4.69) is 30.9 Å². The van der Waals surface area contributed by atoms with E-state index in [-0.39, 0.29) is 6.79 Å². The fraction of sp³-hybridized carbons (Fsp3) is 0.368. The second-order valence-corrected chi connectivity index (χ2v) is 8.35. The van der Waals surface area contributed by atoms with Crippen molar-refractivity contribution in [2.45, 2.75) is 35.9 Å². The molecule has 2 N–H and O–H groups in total. The SMILES string of the molecule is Nc1ncnc2c1nc(Sc1cc3c(cc1Br)OCO3)n2CCOCCCCC=O. The lowest BCUT2D eigenvalue weighted by Crippen LogP contribution is -2.09. The van der Waals surface area contributed by atoms with Crippen molar-refractivity contribution < 1.29 is 19.0 Å². The van der Waals surface area contributed by atoms with Gasteiger partial charge < -0.3 is 29.3 Å². The number of rotatable bonds is 10. The van der Waals surface area contributed by atoms with Crippen molar-refractivity contribution in [1.82, 2.24) is 19.5 Å². The molecule has 1 aliphatic heterocycles. The van der Waals surface area contributed by atoms with Crippen LogP contribution in [0, 0.1) is 0 Å². The van der Waals surface area contributed by atoms with Crippen molar-refractivity contribution in [1.29, 1.82) is 0 Å². The third kappa shape index (κ3) is 4.52. The molecular weight excluding hydrogens is 474 g/mol. The van der Waals surface area contributed by atoms with Gasteiger partial charge in [-0.05, 0) is 40.9 Å². The van der Waals surface area contributed by atoms with Crippen LogP contribution in [0.1, 0.15) is 19.3 Å². The molecule has 0 aliphatic carbocycles. The molecule has 1 aromatic carbocycles. The molecule has 9 nitrogen and oxygen atoms in total. The summed E-state index contributed by atoms with van der Waals surface area (Å²) in [6, 6.07) is 3.80. The van der Waals surface area contributed by atoms with Crippen LogP contribution < -0.4 is 15.2 Å². The zero-order chi connectivity index (χ0) is 20.9. The Morgan fingerprint density at radius 1 is 1.23 bits per heavy atom. The van der Waals surface area contributed by atoms with E-state index in [1.807, 2.05) is 16.7 Å². The number of halogens is 1. The third-order valence-electron chi connectivity index (χ3n) is 4.47. The van der Waals surface area contributed by atoms with Gasteiger partial charge in [-0.3, -0.25) is 0 Å². The van der Waals surface area contributed by atoms with Gasteiger partial charge in [-0.15, -0.1) is 0 Å². The molecule has 3 heterocycles. The molecule has 30 heavy (non-hydrogen) atoms. The topological polar surface area (TPSA) is 114 Å². The summed E-state index contributed by atoms with van der Waals surface area (Å²) in [6.45, 7) is 1.87. The largest absolute Gasteiger partial charge is 0.454 e. The summed E-state index contributed by atoms with van der Waals surface area (Å²) < 4.78 is 19.5. The highest BCUT2D eigenvalue weighted by Crippen LogP contribution is 2.43. The predicted molar refractivity (Wildman–Crippen MR) is 115 cm³/mol. The molecule has 0 unspecified atom stereocenters. The Balaban J connectivity index is 1.54. The molecule has 0 radical (unpaired) electrons. The van der Waals surface area contributed by atoms with Gasteiger partial charge in [-0.25, -0.2) is 15.0 Å². The van der Waals surface area contributed by atoms with Gasteiger partial charge in [0.1, 0.15) is 12.6 Å². The number of imidazole rings is 1. The Morgan fingerprint density at radius 3 is 2.90 bits per heavy atom. The summed E-state index contributed by atoms with van der Waals surface area (Å²) in [5, 5.41) is 0.723. The number of nitrogens with two attached hydrogens (primary N) is 1. The third-order valence-corrected chi connectivity index (χ3v) is 6.44. The van der Waals surface area contributed by atoms with Crippen LogP contribution in [0.4, 0.5) is 5.82 Å². The van der Waals surface area contributed by atoms with Crippen LogP contribution in [0.2, 0.25) is 0 Å². The first-order valence-corrected chi connectivity index (χ1v) is 11.0. The molecule has 3 aromatic rings. The second-order valence-electron chi connectivity index (χ2n) is 6.49. The van der Waals surface area contributed by atoms with Gasteiger partial charge >= 0.3 is 0 Å². The number of unbranched alkanes of at least 4 members (excludes halogenated alkanes) is 2. The van der Waals surface area contributed by atoms with Crippen molar-refractivity contribution in [3.05, 3.63) is 22.9 Å². The minimum Gasteiger partial charge on any atom is -0.454 e. The lowest BCUT2D eigenvalue weighted by atomic mass is 10.3. The van der Waals surface area contributed by atoms with Crippen LogP contribution in [-0.2, 0) is 16.1 Å². The van der Waals surface area contributed by atoms with Crippen LogP contribution in [0.15, 0.2) is 33.0 Å². The lowest BCUT2D eigenvalue weighted by molar-refractivity contribution is -0.108. The van der Waals surface area contributed by atoms with E-state index in [9.17, 15) is 4.79 Å². The average molecular weight is 494 g/mol. The maximum atomic E-state index is 10.4. The molecule has 4 rings (SSSR count). The number of nitrogen functional groups attached to an aromatic ring is 1. The maximum Gasteiger partial charge on any atom is 0.231 e. The summed E-state index contributed by atoms with van der Waals surface area (Å²) in [5.74, 6) is 1.74. The molecule has 1 aliphatic rings. The maximum absolute atomic E-state index is 10.4. The number of ether oxygens (including phenoxy) is 3. The van der Waals surface area contributed by atoms with Crippen molar-refractivity contribution in [3.8, 4) is 11.5 Å². The monoisotopic (exact) mass is 493 g/mol. The molecule has 0 spiro atoms. The molecule has 0 amide bonds. The number of benzene rings is 1. The highest BCUT2D eigenvalue weighted by Gasteiger charge is 2.20. The van der Waals surface area contributed by atoms with Crippen LogP contribution in [-0.4, -0.2) is 45.8 Å². The quantitative estimate of drug-likeness (QED) is 0.334. The van der Waals surface area contributed by atoms with E-state index in [0.717, 1.165) is 33.7 Å². The number of aldehydes is 1. The molecule has 0 bridgehead atoms. The highest BCUT2D eigenvalue weighted by molar-refractivity contribution is 9.10. The smallest absolute Gasteiger partial charge is 0.231 e. The van der Waals surface area contributed by atoms with Crippen LogP contribution in [0.25, 0.3) is 11.2 Å². The Bertz CT molecular complexity index is 1060. The normalized spacial score (nSPS) is 12.6. The standard InChI is InChI=1S/C19H20BrN5O4S/c20-12-8-13-14(29-11-28-13)9-15(12)30-19-24-16-17(21)22-10-23-18(16)25(19)4-7-27-6-3-1-2-5-26/h5,8-10H,1-4,6-7,11H2,(H2,21,22,23). The molecule has 158 valence electrons. The van der Waals surface area contributed by atoms with Gasteiger partial charge in [0.15, 0.2) is 33.6 Å². The van der Waals surface area contributed by atoms with Crippen molar-refractivity contribution in [3.63, 3.8) is 0 Å². The fourth-order valence-corrected chi connectivity index (χ4v) is 4.49. The van der Waals surface area contributed by atoms with Crippen molar-refractivity contribution >= 4 is 51.0 Å². The zero-order valence-corrected chi connectivity index (χ0v) is 18.4. The number of hydrogen-bond donors (Lipinski definition) is 1. The van der Waals surface area contributed by atoms with Crippen molar-refractivity contribution in [2.24, 2.45) is 0 Å². The molecule has 0 saturated carbocycles. The first kappa shape index (κ1) is 20.9. The van der Waals surface area contributed by atoms with Gasteiger partial charge in [-0.1, -0.05) is 11.8 Å². The first-order chi connectivity index (χ1) is 14.7. The zero-order valence-electron chi connectivity index (χ0n) is 16.0. The number of hydrogen-bond acceptors (Lipinski definition) is 9. The number of nitrogens with zero attached hydrogens (tertiary/aromatic N) is 4. The van der Waals surface area contributed by atoms with E-state index in [1.165, 1.54) is 18.1 Å². The summed E-state index contributed by atoms with van der Waals surface area (Å²) in [7, 11) is 0. The van der Waals surface area contributed by atoms with Crippen LogP contribution in [0.5, 0.6) is 11.5 Å². The minimum absolute atomic E-state index is 0.213. The summed E-state index contributed by atoms with van der Waals surface area (Å²) in [5.41, 5.74) is 7.23. The van der Waals surface area contributed by atoms with Gasteiger partial charge in [0.2, 0.25) is 6.79 Å². The number of aromatic nitrogens is 4. The van der Waals surface area contributed by atoms with Gasteiger partial charge in [0, 0.05) is 22.4 Å². The fourth-order valence-electron chi connectivity index (χ4n) is 2.98. The van der Waals surface area contributed by atoms with Gasteiger partial charge in [-0.2, -0.15) is 0 Å².